The zero-order chi connectivity index (χ0) is 19.0. The summed E-state index contributed by atoms with van der Waals surface area (Å²) >= 11 is 0. The third kappa shape index (κ3) is 4.20. The molecule has 4 heteroatoms. The molecule has 4 nitrogen and oxygen atoms in total. The summed E-state index contributed by atoms with van der Waals surface area (Å²) in [4.78, 5) is 24.8. The van der Waals surface area contributed by atoms with Crippen LogP contribution in [0.5, 0.6) is 0 Å². The third-order valence-electron chi connectivity index (χ3n) is 6.98. The smallest absolute Gasteiger partial charge is 0.243 e. The van der Waals surface area contributed by atoms with E-state index in [4.69, 9.17) is 0 Å². The normalized spacial score (nSPS) is 31.1. The van der Waals surface area contributed by atoms with Gasteiger partial charge in [-0.25, -0.2) is 0 Å². The first-order chi connectivity index (χ1) is 12.9. The summed E-state index contributed by atoms with van der Waals surface area (Å²) in [6, 6.07) is 7.91. The molecule has 27 heavy (non-hydrogen) atoms. The van der Waals surface area contributed by atoms with Crippen LogP contribution in [0.4, 0.5) is 5.69 Å². The van der Waals surface area contributed by atoms with Crippen molar-refractivity contribution in [3.05, 3.63) is 29.8 Å². The molecule has 0 saturated heterocycles. The maximum atomic E-state index is 12.5. The molecule has 4 fully saturated rings. The van der Waals surface area contributed by atoms with Gasteiger partial charge in [0.1, 0.15) is 0 Å². The largest absolute Gasteiger partial charge is 0.347 e. The molecule has 146 valence electrons. The zero-order valence-electron chi connectivity index (χ0n) is 16.6. The van der Waals surface area contributed by atoms with E-state index in [1.165, 1.54) is 44.1 Å². The van der Waals surface area contributed by atoms with Crippen molar-refractivity contribution in [2.75, 3.05) is 11.9 Å². The highest BCUT2D eigenvalue weighted by Gasteiger charge is 2.51. The molecular weight excluding hydrogens is 336 g/mol. The first kappa shape index (κ1) is 18.5. The average Bonchev–Trinajstić information content (AvgIpc) is 2.58. The lowest BCUT2D eigenvalue weighted by Gasteiger charge is -2.56. The van der Waals surface area contributed by atoms with Gasteiger partial charge < -0.3 is 10.6 Å². The summed E-state index contributed by atoms with van der Waals surface area (Å²) in [5.74, 6) is 2.85. The molecule has 2 amide bonds. The minimum atomic E-state index is -0.158. The van der Waals surface area contributed by atoms with Crippen LogP contribution in [-0.2, 0) is 9.59 Å². The van der Waals surface area contributed by atoms with E-state index in [9.17, 15) is 9.59 Å². The molecule has 0 spiro atoms. The second-order valence-electron chi connectivity index (χ2n) is 9.70. The lowest BCUT2D eigenvalue weighted by molar-refractivity contribution is -0.131. The van der Waals surface area contributed by atoms with Crippen LogP contribution in [0, 0.1) is 23.2 Å². The summed E-state index contributed by atoms with van der Waals surface area (Å²) in [7, 11) is 0. The second kappa shape index (κ2) is 7.29. The van der Waals surface area contributed by atoms with E-state index >= 15 is 0 Å². The Morgan fingerprint density at radius 3 is 2.26 bits per heavy atom. The molecule has 1 aromatic rings. The van der Waals surface area contributed by atoms with Crippen molar-refractivity contribution in [2.45, 2.75) is 64.7 Å². The molecule has 4 saturated carbocycles. The van der Waals surface area contributed by atoms with E-state index in [1.807, 2.05) is 18.2 Å². The van der Waals surface area contributed by atoms with Crippen molar-refractivity contribution >= 4 is 17.5 Å². The van der Waals surface area contributed by atoms with E-state index in [0.29, 0.717) is 12.3 Å². The highest BCUT2D eigenvalue weighted by molar-refractivity contribution is 5.94. The Morgan fingerprint density at radius 2 is 1.67 bits per heavy atom. The number of amides is 2. The predicted octanol–water partition coefficient (Wildman–Crippen LogP) is 4.47. The lowest BCUT2D eigenvalue weighted by atomic mass is 9.49. The molecule has 0 radical (unpaired) electrons. The Hall–Kier alpha value is -1.84. The monoisotopic (exact) mass is 368 g/mol. The average molecular weight is 369 g/mol. The van der Waals surface area contributed by atoms with Gasteiger partial charge in [-0.2, -0.15) is 0 Å². The fraction of sp³-hybridized carbons (Fsp3) is 0.652. The van der Waals surface area contributed by atoms with Crippen LogP contribution in [-0.4, -0.2) is 18.4 Å². The van der Waals surface area contributed by atoms with Crippen molar-refractivity contribution in [1.29, 1.82) is 0 Å². The van der Waals surface area contributed by atoms with Gasteiger partial charge in [0.25, 0.3) is 0 Å². The Bertz CT molecular complexity index is 690. The van der Waals surface area contributed by atoms with Crippen molar-refractivity contribution in [1.82, 2.24) is 5.32 Å². The quantitative estimate of drug-likeness (QED) is 0.778. The van der Waals surface area contributed by atoms with E-state index in [-0.39, 0.29) is 23.8 Å². The molecule has 0 aromatic heterocycles. The third-order valence-corrected chi connectivity index (χ3v) is 6.98. The number of nitrogens with one attached hydrogen (secondary N) is 2. The fourth-order valence-corrected chi connectivity index (χ4v) is 6.27. The topological polar surface area (TPSA) is 58.2 Å². The summed E-state index contributed by atoms with van der Waals surface area (Å²) in [5, 5.41) is 5.76. The summed E-state index contributed by atoms with van der Waals surface area (Å²) in [6.07, 6.45) is 8.44. The van der Waals surface area contributed by atoms with Gasteiger partial charge >= 0.3 is 0 Å². The first-order valence-electron chi connectivity index (χ1n) is 10.6. The fourth-order valence-electron chi connectivity index (χ4n) is 6.27. The van der Waals surface area contributed by atoms with Crippen LogP contribution in [0.25, 0.3) is 0 Å². The Labute approximate surface area is 162 Å². The molecule has 4 aliphatic rings. The van der Waals surface area contributed by atoms with Crippen molar-refractivity contribution < 1.29 is 9.59 Å². The summed E-state index contributed by atoms with van der Waals surface area (Å²) in [6.45, 7) is 4.31. The van der Waals surface area contributed by atoms with Crippen LogP contribution in [0.15, 0.2) is 24.3 Å². The van der Waals surface area contributed by atoms with Crippen LogP contribution < -0.4 is 10.6 Å². The molecule has 2 N–H and O–H groups in total. The van der Waals surface area contributed by atoms with E-state index in [2.05, 4.69) is 30.5 Å². The number of benzene rings is 1. The standard InChI is InChI=1S/C23H32N2O2/c1-15(2)19-4-3-5-20(9-19)25-22(27)14-24-21(26)13-23-10-16-6-17(11-23)8-18(7-16)12-23/h3-5,9,15-18H,6-8,10-14H2,1-2H3,(H,24,26)(H,25,27). The minimum Gasteiger partial charge on any atom is -0.347 e. The van der Waals surface area contributed by atoms with Gasteiger partial charge in [0.05, 0.1) is 6.54 Å². The Balaban J connectivity index is 1.27. The van der Waals surface area contributed by atoms with Crippen LogP contribution >= 0.6 is 0 Å². The number of carbonyl (C=O) groups is 2. The van der Waals surface area contributed by atoms with Gasteiger partial charge in [-0.1, -0.05) is 26.0 Å². The van der Waals surface area contributed by atoms with Crippen molar-refractivity contribution in [3.63, 3.8) is 0 Å². The number of anilines is 1. The minimum absolute atomic E-state index is 0.0445. The summed E-state index contributed by atoms with van der Waals surface area (Å²) < 4.78 is 0. The highest BCUT2D eigenvalue weighted by atomic mass is 16.2. The van der Waals surface area contributed by atoms with Gasteiger partial charge in [0.15, 0.2) is 0 Å². The molecule has 1 aromatic carbocycles. The molecule has 4 bridgehead atoms. The van der Waals surface area contributed by atoms with Crippen LogP contribution in [0.3, 0.4) is 0 Å². The number of hydrogen-bond acceptors (Lipinski definition) is 2. The molecule has 0 unspecified atom stereocenters. The molecule has 4 aliphatic carbocycles. The maximum absolute atomic E-state index is 12.5. The van der Waals surface area contributed by atoms with E-state index in [0.717, 1.165) is 23.4 Å². The predicted molar refractivity (Wildman–Crippen MR) is 107 cm³/mol. The van der Waals surface area contributed by atoms with Crippen LogP contribution in [0.1, 0.15) is 70.3 Å². The number of carbonyl (C=O) groups excluding carboxylic acids is 2. The lowest BCUT2D eigenvalue weighted by Crippen LogP contribution is -2.48. The highest BCUT2D eigenvalue weighted by Crippen LogP contribution is 2.61. The second-order valence-corrected chi connectivity index (χ2v) is 9.70. The van der Waals surface area contributed by atoms with Gasteiger partial charge in [-0.05, 0) is 85.3 Å². The molecule has 0 heterocycles. The SMILES string of the molecule is CC(C)c1cccc(NC(=O)CNC(=O)CC23CC4CC(CC(C4)C2)C3)c1. The zero-order valence-corrected chi connectivity index (χ0v) is 16.6. The first-order valence-corrected chi connectivity index (χ1v) is 10.6. The number of rotatable bonds is 6. The molecule has 5 rings (SSSR count). The molecule has 0 aliphatic heterocycles. The Kier molecular flexibility index (Phi) is 5.00. The molecular formula is C23H32N2O2. The maximum Gasteiger partial charge on any atom is 0.243 e. The van der Waals surface area contributed by atoms with E-state index < -0.39 is 0 Å². The van der Waals surface area contributed by atoms with Gasteiger partial charge in [0, 0.05) is 12.1 Å². The van der Waals surface area contributed by atoms with E-state index in [1.54, 1.807) is 0 Å². The van der Waals surface area contributed by atoms with Crippen LogP contribution in [0.2, 0.25) is 0 Å². The number of hydrogen-bond donors (Lipinski definition) is 2. The van der Waals surface area contributed by atoms with Crippen molar-refractivity contribution in [2.24, 2.45) is 23.2 Å². The Morgan fingerprint density at radius 1 is 1.04 bits per heavy atom. The van der Waals surface area contributed by atoms with Gasteiger partial charge in [-0.3, -0.25) is 9.59 Å². The van der Waals surface area contributed by atoms with Gasteiger partial charge in [0.2, 0.25) is 11.8 Å². The molecule has 0 atom stereocenters. The van der Waals surface area contributed by atoms with Gasteiger partial charge in [-0.15, -0.1) is 0 Å². The summed E-state index contributed by atoms with van der Waals surface area (Å²) in [5.41, 5.74) is 2.21. The van der Waals surface area contributed by atoms with Crippen molar-refractivity contribution in [3.8, 4) is 0 Å².